The van der Waals surface area contributed by atoms with Crippen LogP contribution in [-0.4, -0.2) is 46.4 Å². The zero-order valence-corrected chi connectivity index (χ0v) is 17.9. The van der Waals surface area contributed by atoms with Crippen molar-refractivity contribution in [3.8, 4) is 11.5 Å². The molecule has 2 aromatic carbocycles. The molecule has 0 spiro atoms. The number of benzene rings is 2. The molecule has 0 saturated heterocycles. The summed E-state index contributed by atoms with van der Waals surface area (Å²) in [5.74, 6) is 0.773. The number of anilines is 1. The molecular weight excluding hydrogens is 392 g/mol. The Bertz CT molecular complexity index is 1020. The first-order chi connectivity index (χ1) is 13.6. The summed E-state index contributed by atoms with van der Waals surface area (Å²) in [4.78, 5) is 12.6. The van der Waals surface area contributed by atoms with E-state index in [0.29, 0.717) is 18.0 Å². The zero-order chi connectivity index (χ0) is 21.2. The number of fused-ring (bicyclic) bond motifs is 1. The molecule has 1 amide bonds. The van der Waals surface area contributed by atoms with Gasteiger partial charge in [-0.1, -0.05) is 23.8 Å². The van der Waals surface area contributed by atoms with Gasteiger partial charge in [-0.25, -0.2) is 8.42 Å². The monoisotopic (exact) mass is 418 g/mol. The standard InChI is InChI=1S/C21H26N2O5S/c1-14-6-8-18(16(3)11-14)27-10-9-22-21(24)20-13-23(29(4,25)26)17-7-5-15(2)12-19(17)28-20/h5-8,11-12,20H,9-10,13H2,1-4H3,(H,22,24)/t20-/m0/s1. The van der Waals surface area contributed by atoms with E-state index < -0.39 is 16.1 Å². The Morgan fingerprint density at radius 1 is 1.17 bits per heavy atom. The molecule has 1 N–H and O–H groups in total. The summed E-state index contributed by atoms with van der Waals surface area (Å²) in [6, 6.07) is 11.1. The normalized spacial score (nSPS) is 16.0. The van der Waals surface area contributed by atoms with Gasteiger partial charge < -0.3 is 14.8 Å². The topological polar surface area (TPSA) is 84.9 Å². The minimum absolute atomic E-state index is 0.0708. The number of carbonyl (C=O) groups excluding carboxylic acids is 1. The molecule has 3 rings (SSSR count). The molecular formula is C21H26N2O5S. The van der Waals surface area contributed by atoms with Gasteiger partial charge in [0.2, 0.25) is 10.0 Å². The Balaban J connectivity index is 1.62. The van der Waals surface area contributed by atoms with E-state index in [-0.39, 0.29) is 19.0 Å². The van der Waals surface area contributed by atoms with Crippen LogP contribution in [0.5, 0.6) is 11.5 Å². The molecule has 2 aromatic rings. The van der Waals surface area contributed by atoms with Crippen LogP contribution >= 0.6 is 0 Å². The molecule has 1 heterocycles. The number of nitrogens with zero attached hydrogens (tertiary/aromatic N) is 1. The predicted octanol–water partition coefficient (Wildman–Crippen LogP) is 2.33. The van der Waals surface area contributed by atoms with Crippen molar-refractivity contribution in [2.24, 2.45) is 0 Å². The number of carbonyl (C=O) groups is 1. The highest BCUT2D eigenvalue weighted by Crippen LogP contribution is 2.35. The molecule has 7 nitrogen and oxygen atoms in total. The van der Waals surface area contributed by atoms with E-state index in [2.05, 4.69) is 5.32 Å². The van der Waals surface area contributed by atoms with Gasteiger partial charge in [-0.15, -0.1) is 0 Å². The summed E-state index contributed by atoms with van der Waals surface area (Å²) in [6.07, 6.45) is 0.189. The highest BCUT2D eigenvalue weighted by Gasteiger charge is 2.34. The van der Waals surface area contributed by atoms with E-state index in [4.69, 9.17) is 9.47 Å². The van der Waals surface area contributed by atoms with E-state index >= 15 is 0 Å². The van der Waals surface area contributed by atoms with Crippen LogP contribution in [0.1, 0.15) is 16.7 Å². The Labute approximate surface area is 171 Å². The SMILES string of the molecule is Cc1ccc(OCCNC(=O)[C@@H]2CN(S(C)(=O)=O)c3ccc(C)cc3O2)c(C)c1. The highest BCUT2D eigenvalue weighted by molar-refractivity contribution is 7.92. The highest BCUT2D eigenvalue weighted by atomic mass is 32.2. The van der Waals surface area contributed by atoms with E-state index in [9.17, 15) is 13.2 Å². The third-order valence-electron chi connectivity index (χ3n) is 4.67. The maximum atomic E-state index is 12.6. The van der Waals surface area contributed by atoms with Gasteiger partial charge in [0, 0.05) is 0 Å². The van der Waals surface area contributed by atoms with Crippen molar-refractivity contribution in [2.45, 2.75) is 26.9 Å². The van der Waals surface area contributed by atoms with E-state index in [1.54, 1.807) is 12.1 Å². The summed E-state index contributed by atoms with van der Waals surface area (Å²) in [5, 5.41) is 2.76. The quantitative estimate of drug-likeness (QED) is 0.728. The lowest BCUT2D eigenvalue weighted by Gasteiger charge is -2.34. The van der Waals surface area contributed by atoms with Gasteiger partial charge in [0.25, 0.3) is 5.91 Å². The first kappa shape index (κ1) is 21.0. The summed E-state index contributed by atoms with van der Waals surface area (Å²) in [7, 11) is -3.54. The minimum Gasteiger partial charge on any atom is -0.491 e. The van der Waals surface area contributed by atoms with Crippen LogP contribution in [0.15, 0.2) is 36.4 Å². The van der Waals surface area contributed by atoms with Crippen LogP contribution in [0.4, 0.5) is 5.69 Å². The smallest absolute Gasteiger partial charge is 0.263 e. The number of hydrogen-bond donors (Lipinski definition) is 1. The van der Waals surface area contributed by atoms with E-state index in [0.717, 1.165) is 28.7 Å². The molecule has 156 valence electrons. The van der Waals surface area contributed by atoms with E-state index in [1.807, 2.05) is 45.0 Å². The van der Waals surface area contributed by atoms with Crippen molar-refractivity contribution >= 4 is 21.6 Å². The van der Waals surface area contributed by atoms with Gasteiger partial charge in [-0.2, -0.15) is 0 Å². The number of aryl methyl sites for hydroxylation is 3. The average molecular weight is 419 g/mol. The van der Waals surface area contributed by atoms with Gasteiger partial charge in [-0.3, -0.25) is 9.10 Å². The second-order valence-corrected chi connectivity index (χ2v) is 9.19. The number of ether oxygens (including phenoxy) is 2. The van der Waals surface area contributed by atoms with Gasteiger partial charge in [0.05, 0.1) is 25.0 Å². The summed E-state index contributed by atoms with van der Waals surface area (Å²) < 4.78 is 37.1. The fraction of sp³-hybridized carbons (Fsp3) is 0.381. The molecule has 0 aromatic heterocycles. The van der Waals surface area contributed by atoms with Crippen LogP contribution in [-0.2, 0) is 14.8 Å². The fourth-order valence-corrected chi connectivity index (χ4v) is 4.14. The van der Waals surface area contributed by atoms with Crippen LogP contribution < -0.4 is 19.1 Å². The second kappa shape index (κ2) is 8.32. The number of hydrogen-bond acceptors (Lipinski definition) is 5. The maximum Gasteiger partial charge on any atom is 0.263 e. The van der Waals surface area contributed by atoms with Crippen molar-refractivity contribution in [3.63, 3.8) is 0 Å². The molecule has 0 aliphatic carbocycles. The molecule has 0 bridgehead atoms. The fourth-order valence-electron chi connectivity index (χ4n) is 3.22. The first-order valence-electron chi connectivity index (χ1n) is 9.38. The third kappa shape index (κ3) is 5.00. The molecule has 1 aliphatic heterocycles. The summed E-state index contributed by atoms with van der Waals surface area (Å²) in [5.41, 5.74) is 3.55. The average Bonchev–Trinajstić information content (AvgIpc) is 2.64. The maximum absolute atomic E-state index is 12.6. The largest absolute Gasteiger partial charge is 0.491 e. The molecule has 8 heteroatoms. The molecule has 29 heavy (non-hydrogen) atoms. The van der Waals surface area contributed by atoms with Crippen molar-refractivity contribution in [1.29, 1.82) is 0 Å². The molecule has 0 saturated carbocycles. The van der Waals surface area contributed by atoms with Gasteiger partial charge >= 0.3 is 0 Å². The molecule has 0 unspecified atom stereocenters. The van der Waals surface area contributed by atoms with Crippen LogP contribution in [0.25, 0.3) is 0 Å². The van der Waals surface area contributed by atoms with Gasteiger partial charge in [0.15, 0.2) is 6.10 Å². The van der Waals surface area contributed by atoms with Crippen molar-refractivity contribution in [1.82, 2.24) is 5.32 Å². The number of sulfonamides is 1. The first-order valence-corrected chi connectivity index (χ1v) is 11.2. The minimum atomic E-state index is -3.54. The van der Waals surface area contributed by atoms with Gasteiger partial charge in [-0.05, 0) is 50.1 Å². The van der Waals surface area contributed by atoms with Crippen molar-refractivity contribution in [2.75, 3.05) is 30.3 Å². The molecule has 0 fully saturated rings. The van der Waals surface area contributed by atoms with Crippen molar-refractivity contribution in [3.05, 3.63) is 53.1 Å². The molecule has 1 aliphatic rings. The Hall–Kier alpha value is -2.74. The van der Waals surface area contributed by atoms with Crippen LogP contribution in [0.2, 0.25) is 0 Å². The van der Waals surface area contributed by atoms with Crippen LogP contribution in [0, 0.1) is 20.8 Å². The lowest BCUT2D eigenvalue weighted by Crippen LogP contribution is -2.51. The predicted molar refractivity (Wildman–Crippen MR) is 112 cm³/mol. The number of rotatable bonds is 6. The summed E-state index contributed by atoms with van der Waals surface area (Å²) in [6.45, 7) is 6.37. The van der Waals surface area contributed by atoms with Crippen molar-refractivity contribution < 1.29 is 22.7 Å². The molecule has 0 radical (unpaired) electrons. The van der Waals surface area contributed by atoms with E-state index in [1.165, 1.54) is 4.31 Å². The Morgan fingerprint density at radius 2 is 1.86 bits per heavy atom. The van der Waals surface area contributed by atoms with Crippen LogP contribution in [0.3, 0.4) is 0 Å². The number of nitrogens with one attached hydrogen (secondary N) is 1. The van der Waals surface area contributed by atoms with Gasteiger partial charge in [0.1, 0.15) is 18.1 Å². The molecule has 1 atom stereocenters. The third-order valence-corrected chi connectivity index (χ3v) is 5.81. The summed E-state index contributed by atoms with van der Waals surface area (Å²) >= 11 is 0. The number of amides is 1. The second-order valence-electron chi connectivity index (χ2n) is 7.28. The Morgan fingerprint density at radius 3 is 2.55 bits per heavy atom. The lowest BCUT2D eigenvalue weighted by molar-refractivity contribution is -0.127. The Kier molecular flexibility index (Phi) is 6.02. The lowest BCUT2D eigenvalue weighted by atomic mass is 10.1. The zero-order valence-electron chi connectivity index (χ0n) is 17.1.